The summed E-state index contributed by atoms with van der Waals surface area (Å²) in [5.74, 6) is 0. The molecular weight excluding hydrogens is 204 g/mol. The van der Waals surface area contributed by atoms with Crippen LogP contribution in [0.1, 0.15) is 31.1 Å². The molecule has 0 radical (unpaired) electrons. The molecule has 0 saturated heterocycles. The SMILES string of the molecule is CCNC(c1cnn(CC)c1)c1cn[nH]n1. The molecular formula is C10H16N6. The van der Waals surface area contributed by atoms with Gasteiger partial charge in [0.15, 0.2) is 0 Å². The molecule has 2 aromatic heterocycles. The van der Waals surface area contributed by atoms with Crippen molar-refractivity contribution < 1.29 is 0 Å². The van der Waals surface area contributed by atoms with Gasteiger partial charge in [-0.05, 0) is 13.5 Å². The van der Waals surface area contributed by atoms with Gasteiger partial charge in [-0.1, -0.05) is 6.92 Å². The zero-order valence-corrected chi connectivity index (χ0v) is 9.51. The predicted molar refractivity (Wildman–Crippen MR) is 59.8 cm³/mol. The highest BCUT2D eigenvalue weighted by molar-refractivity contribution is 5.21. The summed E-state index contributed by atoms with van der Waals surface area (Å²) in [7, 11) is 0. The standard InChI is InChI=1S/C10H16N6/c1-3-11-10(9-6-12-15-14-9)8-5-13-16(4-2)7-8/h5-7,10-11H,3-4H2,1-2H3,(H,12,14,15). The minimum atomic E-state index is 0.0593. The van der Waals surface area contributed by atoms with Crippen LogP contribution in [0.2, 0.25) is 0 Å². The quantitative estimate of drug-likeness (QED) is 0.779. The Hall–Kier alpha value is -1.69. The maximum Gasteiger partial charge on any atom is 0.104 e. The van der Waals surface area contributed by atoms with E-state index in [4.69, 9.17) is 0 Å². The van der Waals surface area contributed by atoms with Gasteiger partial charge >= 0.3 is 0 Å². The highest BCUT2D eigenvalue weighted by Crippen LogP contribution is 2.18. The van der Waals surface area contributed by atoms with Crippen LogP contribution in [0.5, 0.6) is 0 Å². The second-order valence-corrected chi connectivity index (χ2v) is 3.51. The number of nitrogens with one attached hydrogen (secondary N) is 2. The summed E-state index contributed by atoms with van der Waals surface area (Å²) in [5, 5.41) is 18.2. The van der Waals surface area contributed by atoms with Gasteiger partial charge in [0.05, 0.1) is 18.4 Å². The number of rotatable bonds is 5. The lowest BCUT2D eigenvalue weighted by atomic mass is 10.1. The van der Waals surface area contributed by atoms with Crippen LogP contribution in [-0.4, -0.2) is 31.7 Å². The van der Waals surface area contributed by atoms with E-state index in [0.29, 0.717) is 0 Å². The molecule has 2 aromatic rings. The second kappa shape index (κ2) is 4.89. The first-order valence-electron chi connectivity index (χ1n) is 5.46. The van der Waals surface area contributed by atoms with E-state index >= 15 is 0 Å². The zero-order chi connectivity index (χ0) is 11.4. The second-order valence-electron chi connectivity index (χ2n) is 3.51. The molecule has 0 aliphatic heterocycles. The van der Waals surface area contributed by atoms with Gasteiger partial charge in [-0.2, -0.15) is 20.5 Å². The van der Waals surface area contributed by atoms with Crippen LogP contribution in [0, 0.1) is 0 Å². The first-order valence-corrected chi connectivity index (χ1v) is 5.46. The molecule has 86 valence electrons. The van der Waals surface area contributed by atoms with Crippen molar-refractivity contribution in [2.75, 3.05) is 6.54 Å². The number of hydrogen-bond donors (Lipinski definition) is 2. The highest BCUT2D eigenvalue weighted by Gasteiger charge is 2.17. The molecule has 0 aliphatic carbocycles. The van der Waals surface area contributed by atoms with Crippen LogP contribution in [0.25, 0.3) is 0 Å². The third-order valence-electron chi connectivity index (χ3n) is 2.45. The molecule has 0 aromatic carbocycles. The van der Waals surface area contributed by atoms with E-state index in [1.165, 1.54) is 0 Å². The fraction of sp³-hybridized carbons (Fsp3) is 0.500. The smallest absolute Gasteiger partial charge is 0.104 e. The largest absolute Gasteiger partial charge is 0.305 e. The van der Waals surface area contributed by atoms with Gasteiger partial charge in [0.1, 0.15) is 5.69 Å². The number of aromatic nitrogens is 5. The summed E-state index contributed by atoms with van der Waals surface area (Å²) >= 11 is 0. The molecule has 2 heterocycles. The minimum absolute atomic E-state index is 0.0593. The van der Waals surface area contributed by atoms with E-state index in [1.807, 2.05) is 17.1 Å². The third-order valence-corrected chi connectivity index (χ3v) is 2.45. The molecule has 0 fully saturated rings. The van der Waals surface area contributed by atoms with Crippen LogP contribution in [0.4, 0.5) is 0 Å². The van der Waals surface area contributed by atoms with Crippen LogP contribution in [0.3, 0.4) is 0 Å². The van der Waals surface area contributed by atoms with E-state index in [2.05, 4.69) is 39.7 Å². The van der Waals surface area contributed by atoms with Gasteiger partial charge in [-0.3, -0.25) is 4.68 Å². The molecule has 0 bridgehead atoms. The maximum absolute atomic E-state index is 4.27. The first kappa shape index (κ1) is 10.8. The van der Waals surface area contributed by atoms with Crippen LogP contribution < -0.4 is 5.32 Å². The summed E-state index contributed by atoms with van der Waals surface area (Å²) in [6.07, 6.45) is 5.63. The van der Waals surface area contributed by atoms with Gasteiger partial charge < -0.3 is 5.32 Å². The van der Waals surface area contributed by atoms with Crippen molar-refractivity contribution >= 4 is 0 Å². The Morgan fingerprint density at radius 3 is 2.88 bits per heavy atom. The molecule has 6 nitrogen and oxygen atoms in total. The lowest BCUT2D eigenvalue weighted by Gasteiger charge is -2.12. The fourth-order valence-electron chi connectivity index (χ4n) is 1.65. The molecule has 0 spiro atoms. The lowest BCUT2D eigenvalue weighted by Crippen LogP contribution is -2.22. The number of H-pyrrole nitrogens is 1. The summed E-state index contributed by atoms with van der Waals surface area (Å²) in [4.78, 5) is 0. The molecule has 0 amide bonds. The monoisotopic (exact) mass is 220 g/mol. The van der Waals surface area contributed by atoms with E-state index in [-0.39, 0.29) is 6.04 Å². The highest BCUT2D eigenvalue weighted by atomic mass is 15.3. The van der Waals surface area contributed by atoms with Gasteiger partial charge in [-0.25, -0.2) is 0 Å². The van der Waals surface area contributed by atoms with Crippen molar-refractivity contribution in [3.05, 3.63) is 29.8 Å². The van der Waals surface area contributed by atoms with Crippen molar-refractivity contribution in [2.45, 2.75) is 26.4 Å². The van der Waals surface area contributed by atoms with Crippen molar-refractivity contribution in [1.82, 2.24) is 30.5 Å². The van der Waals surface area contributed by atoms with E-state index in [9.17, 15) is 0 Å². The molecule has 1 atom stereocenters. The number of aromatic amines is 1. The molecule has 0 saturated carbocycles. The van der Waals surface area contributed by atoms with Gasteiger partial charge in [0.25, 0.3) is 0 Å². The Bertz CT molecular complexity index is 418. The van der Waals surface area contributed by atoms with Gasteiger partial charge in [-0.15, -0.1) is 0 Å². The van der Waals surface area contributed by atoms with Gasteiger partial charge in [0, 0.05) is 18.3 Å². The minimum Gasteiger partial charge on any atom is -0.305 e. The summed E-state index contributed by atoms with van der Waals surface area (Å²) in [5.41, 5.74) is 2.00. The first-order chi connectivity index (χ1) is 7.85. The normalized spacial score (nSPS) is 12.9. The van der Waals surface area contributed by atoms with E-state index < -0.39 is 0 Å². The maximum atomic E-state index is 4.27. The zero-order valence-electron chi connectivity index (χ0n) is 9.51. The molecule has 2 rings (SSSR count). The number of hydrogen-bond acceptors (Lipinski definition) is 4. The third kappa shape index (κ3) is 2.11. The Balaban J connectivity index is 2.25. The number of nitrogens with zero attached hydrogens (tertiary/aromatic N) is 4. The van der Waals surface area contributed by atoms with Crippen LogP contribution in [-0.2, 0) is 6.54 Å². The molecule has 6 heteroatoms. The molecule has 16 heavy (non-hydrogen) atoms. The Kier molecular flexibility index (Phi) is 3.31. The van der Waals surface area contributed by atoms with Gasteiger partial charge in [0.2, 0.25) is 0 Å². The van der Waals surface area contributed by atoms with Crippen LogP contribution in [0.15, 0.2) is 18.6 Å². The fourth-order valence-corrected chi connectivity index (χ4v) is 1.65. The Morgan fingerprint density at radius 1 is 1.44 bits per heavy atom. The lowest BCUT2D eigenvalue weighted by molar-refractivity contribution is 0.610. The van der Waals surface area contributed by atoms with Crippen molar-refractivity contribution in [3.8, 4) is 0 Å². The molecule has 0 aliphatic rings. The molecule has 1 unspecified atom stereocenters. The topological polar surface area (TPSA) is 71.4 Å². The van der Waals surface area contributed by atoms with Crippen molar-refractivity contribution in [2.24, 2.45) is 0 Å². The average molecular weight is 220 g/mol. The van der Waals surface area contributed by atoms with Crippen molar-refractivity contribution in [1.29, 1.82) is 0 Å². The Labute approximate surface area is 94.1 Å². The molecule has 2 N–H and O–H groups in total. The number of aryl methyl sites for hydroxylation is 1. The average Bonchev–Trinajstić information content (AvgIpc) is 2.97. The summed E-state index contributed by atoms with van der Waals surface area (Å²) in [6.45, 7) is 5.87. The van der Waals surface area contributed by atoms with Crippen molar-refractivity contribution in [3.63, 3.8) is 0 Å². The Morgan fingerprint density at radius 2 is 2.31 bits per heavy atom. The van der Waals surface area contributed by atoms with Crippen LogP contribution >= 0.6 is 0 Å². The van der Waals surface area contributed by atoms with E-state index in [0.717, 1.165) is 24.3 Å². The summed E-state index contributed by atoms with van der Waals surface area (Å²) in [6, 6.07) is 0.0593. The van der Waals surface area contributed by atoms with E-state index in [1.54, 1.807) is 6.20 Å². The summed E-state index contributed by atoms with van der Waals surface area (Å²) < 4.78 is 1.90. The predicted octanol–water partition coefficient (Wildman–Crippen LogP) is 0.720.